The van der Waals surface area contributed by atoms with E-state index < -0.39 is 0 Å². The molecule has 0 spiro atoms. The van der Waals surface area contributed by atoms with Crippen molar-refractivity contribution in [1.29, 1.82) is 0 Å². The highest BCUT2D eigenvalue weighted by atomic mass is 15.2. The van der Waals surface area contributed by atoms with Crippen LogP contribution in [0.4, 0.5) is 0 Å². The number of likely N-dealkylation sites (tertiary alicyclic amines) is 1. The van der Waals surface area contributed by atoms with E-state index in [4.69, 9.17) is 0 Å². The molecule has 20 heavy (non-hydrogen) atoms. The normalized spacial score (nSPS) is 19.4. The summed E-state index contributed by atoms with van der Waals surface area (Å²) >= 11 is 0. The first-order valence-corrected chi connectivity index (χ1v) is 8.19. The van der Waals surface area contributed by atoms with Crippen molar-refractivity contribution in [3.05, 3.63) is 35.4 Å². The first kappa shape index (κ1) is 15.5. The molecule has 0 aromatic heterocycles. The number of nitrogens with one attached hydrogen (secondary N) is 1. The van der Waals surface area contributed by atoms with Gasteiger partial charge in [0.25, 0.3) is 0 Å². The van der Waals surface area contributed by atoms with Crippen molar-refractivity contribution in [2.24, 2.45) is 0 Å². The Hall–Kier alpha value is -0.860. The van der Waals surface area contributed by atoms with Crippen molar-refractivity contribution in [2.45, 2.75) is 65.1 Å². The highest BCUT2D eigenvalue weighted by molar-refractivity contribution is 5.24. The van der Waals surface area contributed by atoms with Gasteiger partial charge in [0.2, 0.25) is 0 Å². The van der Waals surface area contributed by atoms with E-state index in [2.05, 4.69) is 62.2 Å². The van der Waals surface area contributed by atoms with Gasteiger partial charge in [-0.1, -0.05) is 31.2 Å². The fourth-order valence-corrected chi connectivity index (χ4v) is 3.07. The lowest BCUT2D eigenvalue weighted by Gasteiger charge is -2.36. The number of hydrogen-bond acceptors (Lipinski definition) is 2. The summed E-state index contributed by atoms with van der Waals surface area (Å²) in [6, 6.07) is 10.9. The minimum atomic E-state index is 0.455. The number of nitrogens with zero attached hydrogens (tertiary/aromatic N) is 1. The van der Waals surface area contributed by atoms with Crippen LogP contribution in [0.2, 0.25) is 0 Å². The molecule has 1 atom stereocenters. The first-order valence-electron chi connectivity index (χ1n) is 8.19. The minimum absolute atomic E-state index is 0.455. The van der Waals surface area contributed by atoms with Crippen LogP contribution in [-0.4, -0.2) is 30.1 Å². The second-order valence-electron chi connectivity index (χ2n) is 6.39. The molecular formula is C18H30N2. The molecule has 0 amide bonds. The van der Waals surface area contributed by atoms with Gasteiger partial charge in [-0.15, -0.1) is 0 Å². The largest absolute Gasteiger partial charge is 0.307 e. The average molecular weight is 274 g/mol. The monoisotopic (exact) mass is 274 g/mol. The molecule has 1 aliphatic heterocycles. The fourth-order valence-electron chi connectivity index (χ4n) is 3.07. The summed E-state index contributed by atoms with van der Waals surface area (Å²) < 4.78 is 0. The number of rotatable bonds is 5. The van der Waals surface area contributed by atoms with Crippen LogP contribution in [0.3, 0.4) is 0 Å². The molecule has 0 bridgehead atoms. The maximum Gasteiger partial charge on any atom is 0.0294 e. The standard InChI is InChI=1S/C18H30N2/c1-5-16-6-8-17(9-7-16)15(4)19-18-10-12-20(13-11-18)14(2)3/h6-9,14-15,18-19H,5,10-13H2,1-4H3/t15-/m1/s1. The second kappa shape index (κ2) is 7.24. The Balaban J connectivity index is 1.84. The molecule has 2 heteroatoms. The van der Waals surface area contributed by atoms with Crippen molar-refractivity contribution in [3.8, 4) is 0 Å². The summed E-state index contributed by atoms with van der Waals surface area (Å²) in [7, 11) is 0. The third kappa shape index (κ3) is 4.07. The number of benzene rings is 1. The summed E-state index contributed by atoms with van der Waals surface area (Å²) in [6.07, 6.45) is 3.67. The molecule has 1 aliphatic rings. The maximum absolute atomic E-state index is 3.81. The molecule has 1 fully saturated rings. The van der Waals surface area contributed by atoms with E-state index in [-0.39, 0.29) is 0 Å². The van der Waals surface area contributed by atoms with Gasteiger partial charge in [-0.05, 0) is 64.3 Å². The molecule has 1 aromatic carbocycles. The number of aryl methyl sites for hydroxylation is 1. The van der Waals surface area contributed by atoms with Crippen LogP contribution in [0.25, 0.3) is 0 Å². The van der Waals surface area contributed by atoms with Gasteiger partial charge in [0.1, 0.15) is 0 Å². The van der Waals surface area contributed by atoms with Gasteiger partial charge in [-0.3, -0.25) is 0 Å². The van der Waals surface area contributed by atoms with E-state index in [1.165, 1.54) is 37.1 Å². The van der Waals surface area contributed by atoms with Crippen LogP contribution in [-0.2, 0) is 6.42 Å². The topological polar surface area (TPSA) is 15.3 Å². The van der Waals surface area contributed by atoms with E-state index in [0.717, 1.165) is 6.42 Å². The Morgan fingerprint density at radius 1 is 1.10 bits per heavy atom. The summed E-state index contributed by atoms with van der Waals surface area (Å²) in [5.41, 5.74) is 2.83. The second-order valence-corrected chi connectivity index (χ2v) is 6.39. The fraction of sp³-hybridized carbons (Fsp3) is 0.667. The first-order chi connectivity index (χ1) is 9.60. The van der Waals surface area contributed by atoms with Crippen molar-refractivity contribution in [1.82, 2.24) is 10.2 Å². The third-order valence-corrected chi connectivity index (χ3v) is 4.63. The zero-order valence-electron chi connectivity index (χ0n) is 13.5. The van der Waals surface area contributed by atoms with Crippen LogP contribution < -0.4 is 5.32 Å². The van der Waals surface area contributed by atoms with Crippen molar-refractivity contribution < 1.29 is 0 Å². The molecule has 1 saturated heterocycles. The molecule has 2 nitrogen and oxygen atoms in total. The van der Waals surface area contributed by atoms with E-state index in [0.29, 0.717) is 18.1 Å². The lowest BCUT2D eigenvalue weighted by Crippen LogP contribution is -2.45. The molecule has 1 aromatic rings. The Labute approximate surface area is 124 Å². The van der Waals surface area contributed by atoms with Gasteiger partial charge in [0.15, 0.2) is 0 Å². The van der Waals surface area contributed by atoms with Crippen LogP contribution in [0.15, 0.2) is 24.3 Å². The molecule has 1 N–H and O–H groups in total. The van der Waals surface area contributed by atoms with Gasteiger partial charge >= 0.3 is 0 Å². The van der Waals surface area contributed by atoms with Crippen molar-refractivity contribution in [2.75, 3.05) is 13.1 Å². The number of hydrogen-bond donors (Lipinski definition) is 1. The lowest BCUT2D eigenvalue weighted by atomic mass is 10.00. The average Bonchev–Trinajstić information content (AvgIpc) is 2.48. The van der Waals surface area contributed by atoms with Gasteiger partial charge in [-0.2, -0.15) is 0 Å². The third-order valence-electron chi connectivity index (χ3n) is 4.63. The van der Waals surface area contributed by atoms with E-state index in [1.54, 1.807) is 0 Å². The van der Waals surface area contributed by atoms with Crippen molar-refractivity contribution in [3.63, 3.8) is 0 Å². The Morgan fingerprint density at radius 3 is 2.20 bits per heavy atom. The predicted octanol–water partition coefficient (Wildman–Crippen LogP) is 3.77. The van der Waals surface area contributed by atoms with Crippen LogP contribution in [0, 0.1) is 0 Å². The van der Waals surface area contributed by atoms with Gasteiger partial charge in [-0.25, -0.2) is 0 Å². The Morgan fingerprint density at radius 2 is 1.70 bits per heavy atom. The SMILES string of the molecule is CCc1ccc([C@@H](C)NC2CCN(C(C)C)CC2)cc1. The molecular weight excluding hydrogens is 244 g/mol. The highest BCUT2D eigenvalue weighted by Crippen LogP contribution is 2.19. The summed E-state index contributed by atoms with van der Waals surface area (Å²) in [5.74, 6) is 0. The van der Waals surface area contributed by atoms with E-state index >= 15 is 0 Å². The van der Waals surface area contributed by atoms with Crippen LogP contribution in [0.5, 0.6) is 0 Å². The van der Waals surface area contributed by atoms with E-state index in [9.17, 15) is 0 Å². The van der Waals surface area contributed by atoms with Gasteiger partial charge in [0.05, 0.1) is 0 Å². The maximum atomic E-state index is 3.81. The van der Waals surface area contributed by atoms with Crippen LogP contribution in [0.1, 0.15) is 57.7 Å². The van der Waals surface area contributed by atoms with E-state index in [1.807, 2.05) is 0 Å². The Kier molecular flexibility index (Phi) is 5.62. The molecule has 2 rings (SSSR count). The minimum Gasteiger partial charge on any atom is -0.307 e. The van der Waals surface area contributed by atoms with Crippen LogP contribution >= 0.6 is 0 Å². The molecule has 0 aliphatic carbocycles. The molecule has 0 unspecified atom stereocenters. The summed E-state index contributed by atoms with van der Waals surface area (Å²) in [4.78, 5) is 2.58. The quantitative estimate of drug-likeness (QED) is 0.879. The lowest BCUT2D eigenvalue weighted by molar-refractivity contribution is 0.157. The summed E-state index contributed by atoms with van der Waals surface area (Å²) in [5, 5.41) is 3.81. The molecule has 1 heterocycles. The molecule has 0 radical (unpaired) electrons. The highest BCUT2D eigenvalue weighted by Gasteiger charge is 2.21. The predicted molar refractivity (Wildman–Crippen MR) is 87.1 cm³/mol. The van der Waals surface area contributed by atoms with Gasteiger partial charge < -0.3 is 10.2 Å². The van der Waals surface area contributed by atoms with Crippen molar-refractivity contribution >= 4 is 0 Å². The smallest absolute Gasteiger partial charge is 0.0294 e. The molecule has 0 saturated carbocycles. The Bertz CT molecular complexity index is 388. The number of piperidine rings is 1. The summed E-state index contributed by atoms with van der Waals surface area (Å²) in [6.45, 7) is 11.6. The zero-order valence-corrected chi connectivity index (χ0v) is 13.5. The van der Waals surface area contributed by atoms with Gasteiger partial charge in [0, 0.05) is 18.1 Å². The zero-order chi connectivity index (χ0) is 14.5. The molecule has 112 valence electrons.